The largest absolute Gasteiger partial charge is 0.425 e. The fourth-order valence-corrected chi connectivity index (χ4v) is 4.21. The van der Waals surface area contributed by atoms with E-state index in [1.54, 1.807) is 0 Å². The zero-order chi connectivity index (χ0) is 20.8. The Hall–Kier alpha value is -3.81. The van der Waals surface area contributed by atoms with Crippen molar-refractivity contribution in [2.45, 2.75) is 12.3 Å². The van der Waals surface area contributed by atoms with Crippen LogP contribution in [0.2, 0.25) is 0 Å². The lowest BCUT2D eigenvalue weighted by atomic mass is 9.84. The predicted octanol–water partition coefficient (Wildman–Crippen LogP) is 4.73. The van der Waals surface area contributed by atoms with Crippen LogP contribution in [0.1, 0.15) is 34.9 Å². The first-order valence-corrected chi connectivity index (χ1v) is 9.92. The van der Waals surface area contributed by atoms with Gasteiger partial charge in [0.15, 0.2) is 11.4 Å². The molecule has 6 nitrogen and oxygen atoms in total. The van der Waals surface area contributed by atoms with Crippen molar-refractivity contribution in [1.82, 2.24) is 9.97 Å². The number of aromatic nitrogens is 2. The summed E-state index contributed by atoms with van der Waals surface area (Å²) in [4.78, 5) is 21.5. The van der Waals surface area contributed by atoms with Crippen LogP contribution in [-0.4, -0.2) is 15.9 Å². The zero-order valence-corrected chi connectivity index (χ0v) is 17.0. The maximum absolute atomic E-state index is 12.5. The van der Waals surface area contributed by atoms with E-state index >= 15 is 0 Å². The minimum Gasteiger partial charge on any atom is -0.425 e. The predicted molar refractivity (Wildman–Crippen MR) is 113 cm³/mol. The molecule has 4 aromatic rings. The van der Waals surface area contributed by atoms with E-state index in [1.807, 2.05) is 60.7 Å². The molecule has 30 heavy (non-hydrogen) atoms. The zero-order valence-electron chi connectivity index (χ0n) is 15.4. The molecule has 3 aromatic carbocycles. The first-order valence-electron chi connectivity index (χ1n) is 9.13. The van der Waals surface area contributed by atoms with E-state index < -0.39 is 0 Å². The molecule has 0 N–H and O–H groups in total. The highest BCUT2D eigenvalue weighted by atomic mass is 79.9. The van der Waals surface area contributed by atoms with Gasteiger partial charge in [0, 0.05) is 26.7 Å². The summed E-state index contributed by atoms with van der Waals surface area (Å²) in [5.41, 5.74) is 2.55. The van der Waals surface area contributed by atoms with Crippen LogP contribution >= 0.6 is 15.9 Å². The number of ether oxygens (including phenoxy) is 1. The third-order valence-corrected chi connectivity index (χ3v) is 5.77. The second-order valence-electron chi connectivity index (χ2n) is 6.91. The fourth-order valence-electron chi connectivity index (χ4n) is 3.94. The van der Waals surface area contributed by atoms with Crippen LogP contribution in [0.5, 0.6) is 5.75 Å². The van der Waals surface area contributed by atoms with E-state index in [0.29, 0.717) is 27.7 Å². The lowest BCUT2D eigenvalue weighted by molar-refractivity contribution is -0.135. The molecule has 7 heteroatoms. The van der Waals surface area contributed by atoms with Crippen molar-refractivity contribution in [3.05, 3.63) is 75.5 Å². The van der Waals surface area contributed by atoms with E-state index in [9.17, 15) is 15.3 Å². The molecule has 1 atom stereocenters. The molecule has 2 heterocycles. The van der Waals surface area contributed by atoms with E-state index in [4.69, 9.17) is 4.74 Å². The SMILES string of the molecule is N#Cc1nc2c3c(c4ccccc4c2nc1C#N)OC(=O)CC3c1ccc(Br)cc1. The van der Waals surface area contributed by atoms with Crippen molar-refractivity contribution >= 4 is 43.7 Å². The average molecular weight is 455 g/mol. The Morgan fingerprint density at radius 3 is 2.23 bits per heavy atom. The number of esters is 1. The molecule has 1 unspecified atom stereocenters. The van der Waals surface area contributed by atoms with Crippen molar-refractivity contribution in [3.8, 4) is 17.9 Å². The molecule has 0 aliphatic carbocycles. The van der Waals surface area contributed by atoms with Gasteiger partial charge in [-0.3, -0.25) is 4.79 Å². The number of fused-ring (bicyclic) bond motifs is 6. The number of hydrogen-bond donors (Lipinski definition) is 0. The molecule has 1 aromatic heterocycles. The van der Waals surface area contributed by atoms with Crippen LogP contribution in [0.4, 0.5) is 0 Å². The monoisotopic (exact) mass is 454 g/mol. The summed E-state index contributed by atoms with van der Waals surface area (Å²) < 4.78 is 6.62. The van der Waals surface area contributed by atoms with Crippen molar-refractivity contribution in [2.24, 2.45) is 0 Å². The number of nitrogens with zero attached hydrogens (tertiary/aromatic N) is 4. The third kappa shape index (κ3) is 2.72. The van der Waals surface area contributed by atoms with Gasteiger partial charge in [0.05, 0.1) is 17.5 Å². The topological polar surface area (TPSA) is 99.7 Å². The molecule has 5 rings (SSSR count). The summed E-state index contributed by atoms with van der Waals surface area (Å²) in [5, 5.41) is 20.4. The van der Waals surface area contributed by atoms with E-state index in [0.717, 1.165) is 15.4 Å². The highest BCUT2D eigenvalue weighted by Gasteiger charge is 2.33. The summed E-state index contributed by atoms with van der Waals surface area (Å²) in [6.07, 6.45) is 0.144. The van der Waals surface area contributed by atoms with Crippen LogP contribution in [-0.2, 0) is 4.79 Å². The van der Waals surface area contributed by atoms with Crippen LogP contribution in [0.15, 0.2) is 53.0 Å². The van der Waals surface area contributed by atoms with E-state index in [2.05, 4.69) is 25.9 Å². The minimum atomic E-state index is -0.331. The van der Waals surface area contributed by atoms with Crippen LogP contribution in [0.25, 0.3) is 21.8 Å². The fraction of sp³-hybridized carbons (Fsp3) is 0.0870. The number of rotatable bonds is 1. The van der Waals surface area contributed by atoms with Gasteiger partial charge in [-0.05, 0) is 17.7 Å². The maximum Gasteiger partial charge on any atom is 0.312 e. The summed E-state index contributed by atoms with van der Waals surface area (Å²) in [7, 11) is 0. The first kappa shape index (κ1) is 18.2. The quantitative estimate of drug-likeness (QED) is 0.234. The molecule has 1 aliphatic heterocycles. The maximum atomic E-state index is 12.5. The average Bonchev–Trinajstić information content (AvgIpc) is 2.78. The minimum absolute atomic E-state index is 0.0249. The molecule has 0 bridgehead atoms. The first-order chi connectivity index (χ1) is 14.6. The Morgan fingerprint density at radius 2 is 1.57 bits per heavy atom. The van der Waals surface area contributed by atoms with Crippen molar-refractivity contribution in [1.29, 1.82) is 10.5 Å². The highest BCUT2D eigenvalue weighted by Crippen LogP contribution is 2.47. The molecular weight excluding hydrogens is 444 g/mol. The smallest absolute Gasteiger partial charge is 0.312 e. The van der Waals surface area contributed by atoms with Gasteiger partial charge in [-0.2, -0.15) is 10.5 Å². The van der Waals surface area contributed by atoms with Gasteiger partial charge in [0.25, 0.3) is 0 Å². The number of benzene rings is 3. The van der Waals surface area contributed by atoms with Gasteiger partial charge < -0.3 is 4.74 Å². The Kier molecular flexibility index (Phi) is 4.20. The Balaban J connectivity index is 1.95. The molecule has 0 fully saturated rings. The number of hydrogen-bond acceptors (Lipinski definition) is 6. The Labute approximate surface area is 179 Å². The third-order valence-electron chi connectivity index (χ3n) is 5.24. The van der Waals surface area contributed by atoms with Gasteiger partial charge in [-0.1, -0.05) is 52.3 Å². The molecule has 142 valence electrons. The van der Waals surface area contributed by atoms with Crippen LogP contribution < -0.4 is 4.74 Å². The molecule has 0 radical (unpaired) electrons. The van der Waals surface area contributed by atoms with Crippen molar-refractivity contribution < 1.29 is 9.53 Å². The molecule has 1 aliphatic rings. The number of carbonyl (C=O) groups is 1. The molecular formula is C23H11BrN4O2. The van der Waals surface area contributed by atoms with Gasteiger partial charge in [-0.25, -0.2) is 9.97 Å². The summed E-state index contributed by atoms with van der Waals surface area (Å²) in [6, 6.07) is 19.0. The Bertz CT molecular complexity index is 1450. The molecule has 0 saturated carbocycles. The van der Waals surface area contributed by atoms with Gasteiger partial charge in [0.2, 0.25) is 0 Å². The molecule has 0 saturated heterocycles. The van der Waals surface area contributed by atoms with Crippen LogP contribution in [0.3, 0.4) is 0 Å². The van der Waals surface area contributed by atoms with E-state index in [1.165, 1.54) is 0 Å². The second-order valence-corrected chi connectivity index (χ2v) is 7.83. The van der Waals surface area contributed by atoms with Crippen molar-refractivity contribution in [2.75, 3.05) is 0 Å². The second kappa shape index (κ2) is 6.91. The summed E-state index contributed by atoms with van der Waals surface area (Å²) in [5.74, 6) is -0.206. The summed E-state index contributed by atoms with van der Waals surface area (Å²) >= 11 is 3.44. The lowest BCUT2D eigenvalue weighted by Crippen LogP contribution is -2.22. The Morgan fingerprint density at radius 1 is 0.933 bits per heavy atom. The number of halogens is 1. The normalized spacial score (nSPS) is 15.3. The highest BCUT2D eigenvalue weighted by molar-refractivity contribution is 9.10. The van der Waals surface area contributed by atoms with Crippen LogP contribution in [0, 0.1) is 22.7 Å². The lowest BCUT2D eigenvalue weighted by Gasteiger charge is -2.27. The standard InChI is InChI=1S/C23H11BrN4O2/c24-13-7-5-12(6-8-13)16-9-19(29)30-23-15-4-2-1-3-14(15)21-22(20(16)23)28-18(11-26)17(10-25)27-21/h1-8,16H,9H2. The molecule has 0 amide bonds. The summed E-state index contributed by atoms with van der Waals surface area (Å²) in [6.45, 7) is 0. The number of carbonyl (C=O) groups excluding carboxylic acids is 1. The van der Waals surface area contributed by atoms with Gasteiger partial charge in [0.1, 0.15) is 17.9 Å². The van der Waals surface area contributed by atoms with Crippen molar-refractivity contribution in [3.63, 3.8) is 0 Å². The number of nitriles is 2. The van der Waals surface area contributed by atoms with Gasteiger partial charge in [-0.15, -0.1) is 0 Å². The van der Waals surface area contributed by atoms with Gasteiger partial charge >= 0.3 is 5.97 Å². The molecule has 0 spiro atoms. The van der Waals surface area contributed by atoms with E-state index in [-0.39, 0.29) is 29.7 Å².